The van der Waals surface area contributed by atoms with Gasteiger partial charge in [0.1, 0.15) is 11.5 Å². The minimum atomic E-state index is -0.276. The average Bonchev–Trinajstić information content (AvgIpc) is 2.94. The van der Waals surface area contributed by atoms with E-state index in [1.807, 2.05) is 30.5 Å². The number of nitrogens with zero attached hydrogens (tertiary/aromatic N) is 4. The lowest BCUT2D eigenvalue weighted by Crippen LogP contribution is -2.35. The zero-order valence-corrected chi connectivity index (χ0v) is 15.7. The van der Waals surface area contributed by atoms with Crippen molar-refractivity contribution >= 4 is 34.5 Å². The number of halogens is 1. The molecule has 7 nitrogen and oxygen atoms in total. The van der Waals surface area contributed by atoms with Crippen LogP contribution in [0.2, 0.25) is 5.02 Å². The van der Waals surface area contributed by atoms with Crippen molar-refractivity contribution < 1.29 is 9.53 Å². The van der Waals surface area contributed by atoms with Crippen LogP contribution in [0.3, 0.4) is 0 Å². The zero-order chi connectivity index (χ0) is 18.8. The highest BCUT2D eigenvalue weighted by Gasteiger charge is 2.20. The first-order chi connectivity index (χ1) is 13.2. The van der Waals surface area contributed by atoms with Crippen LogP contribution in [0.5, 0.6) is 0 Å². The Morgan fingerprint density at radius 2 is 2.15 bits per heavy atom. The molecule has 1 saturated heterocycles. The molecule has 140 valence electrons. The lowest BCUT2D eigenvalue weighted by molar-refractivity contribution is 0.126. The van der Waals surface area contributed by atoms with Crippen molar-refractivity contribution in [1.82, 2.24) is 19.9 Å². The largest absolute Gasteiger partial charge is 0.453 e. The predicted molar refractivity (Wildman–Crippen MR) is 105 cm³/mol. The number of amides is 1. The number of aromatic nitrogens is 3. The molecule has 27 heavy (non-hydrogen) atoms. The van der Waals surface area contributed by atoms with Gasteiger partial charge in [-0.1, -0.05) is 17.7 Å². The van der Waals surface area contributed by atoms with Gasteiger partial charge >= 0.3 is 6.09 Å². The normalized spacial score (nSPS) is 15.0. The van der Waals surface area contributed by atoms with Crippen LogP contribution in [0.15, 0.2) is 36.7 Å². The maximum absolute atomic E-state index is 11.8. The minimum Gasteiger partial charge on any atom is -0.453 e. The molecule has 0 unspecified atom stereocenters. The molecule has 0 saturated carbocycles. The summed E-state index contributed by atoms with van der Waals surface area (Å²) in [5.74, 6) is 0.892. The molecular weight excluding hydrogens is 366 g/mol. The summed E-state index contributed by atoms with van der Waals surface area (Å²) in [6.45, 7) is 2.86. The number of carbonyl (C=O) groups excluding carboxylic acids is 1. The molecule has 0 aromatic carbocycles. The highest BCUT2D eigenvalue weighted by atomic mass is 35.5. The zero-order valence-electron chi connectivity index (χ0n) is 15.0. The van der Waals surface area contributed by atoms with E-state index >= 15 is 0 Å². The molecule has 8 heteroatoms. The number of H-pyrrole nitrogens is 1. The number of fused-ring (bicyclic) bond motifs is 1. The first-order valence-corrected chi connectivity index (χ1v) is 9.21. The first-order valence-electron chi connectivity index (χ1n) is 8.83. The molecular formula is C19H20ClN5O2. The number of carbonyl (C=O) groups is 1. The van der Waals surface area contributed by atoms with Crippen LogP contribution < -0.4 is 4.90 Å². The van der Waals surface area contributed by atoms with Gasteiger partial charge in [-0.25, -0.2) is 14.8 Å². The summed E-state index contributed by atoms with van der Waals surface area (Å²) in [5, 5.41) is 1.54. The van der Waals surface area contributed by atoms with Crippen molar-refractivity contribution in [3.05, 3.63) is 41.7 Å². The Morgan fingerprint density at radius 1 is 1.26 bits per heavy atom. The lowest BCUT2D eigenvalue weighted by atomic mass is 10.1. The lowest BCUT2D eigenvalue weighted by Gasteiger charge is -2.22. The molecule has 1 fully saturated rings. The second-order valence-electron chi connectivity index (χ2n) is 6.43. The van der Waals surface area contributed by atoms with Crippen molar-refractivity contribution in [1.29, 1.82) is 0 Å². The van der Waals surface area contributed by atoms with Crippen LogP contribution in [-0.2, 0) is 4.74 Å². The van der Waals surface area contributed by atoms with Crippen molar-refractivity contribution in [3.8, 4) is 11.3 Å². The predicted octanol–water partition coefficient (Wildman–Crippen LogP) is 3.56. The van der Waals surface area contributed by atoms with Crippen molar-refractivity contribution in [2.75, 3.05) is 38.2 Å². The maximum atomic E-state index is 11.8. The topological polar surface area (TPSA) is 74.3 Å². The second-order valence-corrected chi connectivity index (χ2v) is 6.87. The minimum absolute atomic E-state index is 0.276. The van der Waals surface area contributed by atoms with Crippen molar-refractivity contribution in [2.45, 2.75) is 6.42 Å². The van der Waals surface area contributed by atoms with E-state index in [4.69, 9.17) is 21.3 Å². The molecule has 3 aromatic heterocycles. The molecule has 4 heterocycles. The number of ether oxygens (including phenoxy) is 1. The summed E-state index contributed by atoms with van der Waals surface area (Å²) in [5.41, 5.74) is 2.61. The van der Waals surface area contributed by atoms with Crippen LogP contribution in [0.1, 0.15) is 6.42 Å². The number of aromatic amines is 1. The van der Waals surface area contributed by atoms with Gasteiger partial charge in [0.15, 0.2) is 0 Å². The third kappa shape index (κ3) is 3.55. The highest BCUT2D eigenvalue weighted by molar-refractivity contribution is 6.31. The molecule has 1 aliphatic rings. The van der Waals surface area contributed by atoms with Gasteiger partial charge in [0, 0.05) is 49.5 Å². The van der Waals surface area contributed by atoms with Crippen LogP contribution in [0.25, 0.3) is 22.3 Å². The van der Waals surface area contributed by atoms with Crippen LogP contribution in [0, 0.1) is 0 Å². The van der Waals surface area contributed by atoms with Gasteiger partial charge in [0.05, 0.1) is 17.8 Å². The Morgan fingerprint density at radius 3 is 3.00 bits per heavy atom. The fourth-order valence-electron chi connectivity index (χ4n) is 3.40. The van der Waals surface area contributed by atoms with E-state index in [1.165, 1.54) is 7.11 Å². The molecule has 0 bridgehead atoms. The molecule has 4 rings (SSSR count). The Hall–Kier alpha value is -2.80. The van der Waals surface area contributed by atoms with Crippen LogP contribution >= 0.6 is 11.6 Å². The summed E-state index contributed by atoms with van der Waals surface area (Å²) in [4.78, 5) is 28.0. The quantitative estimate of drug-likeness (QED) is 0.730. The number of pyridine rings is 2. The Labute approximate surface area is 161 Å². The Kier molecular flexibility index (Phi) is 4.85. The highest BCUT2D eigenvalue weighted by Crippen LogP contribution is 2.29. The van der Waals surface area contributed by atoms with Crippen molar-refractivity contribution in [2.24, 2.45) is 0 Å². The molecule has 1 amide bonds. The van der Waals surface area contributed by atoms with E-state index in [0.29, 0.717) is 24.7 Å². The van der Waals surface area contributed by atoms with Crippen LogP contribution in [-0.4, -0.2) is 59.2 Å². The molecule has 1 aliphatic heterocycles. The van der Waals surface area contributed by atoms with Gasteiger partial charge in [-0.15, -0.1) is 0 Å². The van der Waals surface area contributed by atoms with Crippen LogP contribution in [0.4, 0.5) is 10.6 Å². The fourth-order valence-corrected chi connectivity index (χ4v) is 3.56. The summed E-state index contributed by atoms with van der Waals surface area (Å²) in [6.07, 6.45) is 4.12. The number of methoxy groups -OCH3 is 1. The third-order valence-electron chi connectivity index (χ3n) is 4.76. The molecule has 1 N–H and O–H groups in total. The van der Waals surface area contributed by atoms with E-state index in [2.05, 4.69) is 14.9 Å². The second kappa shape index (κ2) is 7.44. The number of hydrogen-bond acceptors (Lipinski definition) is 5. The molecule has 0 spiro atoms. The van der Waals surface area contributed by atoms with E-state index in [-0.39, 0.29) is 6.09 Å². The molecule has 0 aliphatic carbocycles. The standard InChI is InChI=1S/C19H20ClN5O2/c1-27-19(26)25-7-3-6-24(8-9-25)17-5-2-4-16(23-17)15-12-22-18-14(15)10-13(20)11-21-18/h2,4-5,10-12H,3,6-9H2,1H3,(H,21,22). The summed E-state index contributed by atoms with van der Waals surface area (Å²) in [7, 11) is 1.42. The molecule has 0 atom stereocenters. The van der Waals surface area contributed by atoms with Crippen molar-refractivity contribution in [3.63, 3.8) is 0 Å². The number of rotatable bonds is 2. The van der Waals surface area contributed by atoms with E-state index in [0.717, 1.165) is 41.1 Å². The van der Waals surface area contributed by atoms with Gasteiger partial charge in [0.2, 0.25) is 0 Å². The molecule has 0 radical (unpaired) electrons. The Balaban J connectivity index is 1.61. The monoisotopic (exact) mass is 385 g/mol. The fraction of sp³-hybridized carbons (Fsp3) is 0.316. The average molecular weight is 386 g/mol. The van der Waals surface area contributed by atoms with E-state index in [1.54, 1.807) is 11.1 Å². The van der Waals surface area contributed by atoms with Gasteiger partial charge in [-0.05, 0) is 24.6 Å². The summed E-state index contributed by atoms with van der Waals surface area (Å²) < 4.78 is 4.84. The Bertz CT molecular complexity index is 974. The number of nitrogens with one attached hydrogen (secondary N) is 1. The van der Waals surface area contributed by atoms with Gasteiger partial charge < -0.3 is 19.5 Å². The SMILES string of the molecule is COC(=O)N1CCCN(c2cccc(-c3c[nH]c4ncc(Cl)cc34)n2)CC1. The van der Waals surface area contributed by atoms with Gasteiger partial charge in [-0.3, -0.25) is 0 Å². The smallest absolute Gasteiger partial charge is 0.409 e. The van der Waals surface area contributed by atoms with Gasteiger partial charge in [-0.2, -0.15) is 0 Å². The first kappa shape index (κ1) is 17.6. The maximum Gasteiger partial charge on any atom is 0.409 e. The third-order valence-corrected chi connectivity index (χ3v) is 4.97. The van der Waals surface area contributed by atoms with Gasteiger partial charge in [0.25, 0.3) is 0 Å². The van der Waals surface area contributed by atoms with E-state index in [9.17, 15) is 4.79 Å². The summed E-state index contributed by atoms with van der Waals surface area (Å²) in [6, 6.07) is 7.87. The summed E-state index contributed by atoms with van der Waals surface area (Å²) >= 11 is 6.11. The number of hydrogen-bond donors (Lipinski definition) is 1. The number of anilines is 1. The molecule has 3 aromatic rings. The van der Waals surface area contributed by atoms with E-state index < -0.39 is 0 Å².